The molecule has 1 unspecified atom stereocenters. The number of nitrogens with zero attached hydrogens (tertiary/aromatic N) is 3. The zero-order valence-electron chi connectivity index (χ0n) is 18.2. The van der Waals surface area contributed by atoms with Crippen molar-refractivity contribution in [1.82, 2.24) is 9.88 Å². The number of carbonyl (C=O) groups is 1. The second-order valence-electron chi connectivity index (χ2n) is 8.67. The Hall–Kier alpha value is -2.40. The number of benzene rings is 1. The summed E-state index contributed by atoms with van der Waals surface area (Å²) in [5, 5.41) is 0. The van der Waals surface area contributed by atoms with Crippen LogP contribution in [0.3, 0.4) is 0 Å². The number of pyridine rings is 1. The maximum absolute atomic E-state index is 13.3. The predicted molar refractivity (Wildman–Crippen MR) is 120 cm³/mol. The summed E-state index contributed by atoms with van der Waals surface area (Å²) in [7, 11) is 0. The molecule has 0 aliphatic carbocycles. The van der Waals surface area contributed by atoms with E-state index in [4.69, 9.17) is 4.74 Å². The van der Waals surface area contributed by atoms with Crippen molar-refractivity contribution in [2.75, 3.05) is 18.0 Å². The molecule has 3 atom stereocenters. The highest BCUT2D eigenvalue weighted by molar-refractivity contribution is 6.00. The van der Waals surface area contributed by atoms with Crippen molar-refractivity contribution < 1.29 is 9.53 Å². The van der Waals surface area contributed by atoms with Crippen LogP contribution in [0.5, 0.6) is 5.75 Å². The molecule has 3 heterocycles. The fourth-order valence-corrected chi connectivity index (χ4v) is 4.85. The average molecular weight is 408 g/mol. The minimum Gasteiger partial charge on any atom is -0.474 e. The van der Waals surface area contributed by atoms with E-state index in [9.17, 15) is 4.79 Å². The van der Waals surface area contributed by atoms with Crippen molar-refractivity contribution >= 4 is 11.6 Å². The van der Waals surface area contributed by atoms with Crippen LogP contribution in [-0.4, -0.2) is 41.0 Å². The number of piperidine rings is 1. The lowest BCUT2D eigenvalue weighted by Crippen LogP contribution is -2.44. The first-order valence-corrected chi connectivity index (χ1v) is 11.4. The van der Waals surface area contributed by atoms with Gasteiger partial charge in [0, 0.05) is 36.6 Å². The van der Waals surface area contributed by atoms with Crippen molar-refractivity contribution in [1.29, 1.82) is 0 Å². The van der Waals surface area contributed by atoms with E-state index >= 15 is 0 Å². The Balaban J connectivity index is 1.37. The Morgan fingerprint density at radius 3 is 2.53 bits per heavy atom. The number of para-hydroxylation sites is 2. The molecule has 1 aromatic heterocycles. The first kappa shape index (κ1) is 20.9. The molecule has 0 saturated carbocycles. The Morgan fingerprint density at radius 2 is 1.77 bits per heavy atom. The maximum atomic E-state index is 13.3. The van der Waals surface area contributed by atoms with Gasteiger partial charge >= 0.3 is 0 Å². The van der Waals surface area contributed by atoms with Crippen molar-refractivity contribution in [3.8, 4) is 5.75 Å². The van der Waals surface area contributed by atoms with Gasteiger partial charge in [0.1, 0.15) is 5.75 Å². The first-order valence-electron chi connectivity index (χ1n) is 11.4. The van der Waals surface area contributed by atoms with Crippen molar-refractivity contribution in [3.63, 3.8) is 0 Å². The van der Waals surface area contributed by atoms with Gasteiger partial charge in [0.15, 0.2) is 0 Å². The molecule has 4 rings (SSSR count). The van der Waals surface area contributed by atoms with Gasteiger partial charge in [0.25, 0.3) is 5.91 Å². The fourth-order valence-electron chi connectivity index (χ4n) is 4.85. The third-order valence-corrected chi connectivity index (χ3v) is 6.55. The molecule has 1 saturated heterocycles. The van der Waals surface area contributed by atoms with Gasteiger partial charge in [-0.3, -0.25) is 14.7 Å². The third kappa shape index (κ3) is 4.51. The summed E-state index contributed by atoms with van der Waals surface area (Å²) in [4.78, 5) is 22.0. The van der Waals surface area contributed by atoms with Crippen molar-refractivity contribution in [3.05, 3.63) is 54.4 Å². The van der Waals surface area contributed by atoms with Crippen molar-refractivity contribution in [2.45, 2.75) is 70.6 Å². The molecule has 2 aromatic rings. The molecule has 5 heteroatoms. The number of amides is 1. The Labute approximate surface area is 180 Å². The topological polar surface area (TPSA) is 45.7 Å². The van der Waals surface area contributed by atoms with Crippen LogP contribution >= 0.6 is 0 Å². The lowest BCUT2D eigenvalue weighted by atomic mass is 9.97. The summed E-state index contributed by atoms with van der Waals surface area (Å²) in [5.41, 5.74) is 1.68. The van der Waals surface area contributed by atoms with Gasteiger partial charge in [0.2, 0.25) is 6.10 Å². The molecule has 0 spiro atoms. The van der Waals surface area contributed by atoms with E-state index in [0.29, 0.717) is 12.1 Å². The van der Waals surface area contributed by atoms with Gasteiger partial charge in [-0.05, 0) is 64.3 Å². The number of hydrogen-bond acceptors (Lipinski definition) is 4. The van der Waals surface area contributed by atoms with Gasteiger partial charge in [-0.25, -0.2) is 0 Å². The number of anilines is 1. The SMILES string of the molecule is C[C@@H]1CCC[C@H](C)N1CCCCCN1C(=O)C(c2cccnc2)Oc2ccccc21. The van der Waals surface area contributed by atoms with Crippen LogP contribution in [0.4, 0.5) is 5.69 Å². The van der Waals surface area contributed by atoms with Gasteiger partial charge in [-0.2, -0.15) is 0 Å². The zero-order chi connectivity index (χ0) is 20.9. The number of unbranched alkanes of at least 4 members (excludes halogenated alkanes) is 2. The molecule has 2 aliphatic rings. The molecule has 2 aliphatic heterocycles. The highest BCUT2D eigenvalue weighted by Crippen LogP contribution is 2.38. The van der Waals surface area contributed by atoms with Crippen LogP contribution in [0.2, 0.25) is 0 Å². The Kier molecular flexibility index (Phi) is 6.68. The average Bonchev–Trinajstić information content (AvgIpc) is 2.77. The second-order valence-corrected chi connectivity index (χ2v) is 8.67. The lowest BCUT2D eigenvalue weighted by Gasteiger charge is -2.39. The molecule has 1 amide bonds. The number of fused-ring (bicyclic) bond motifs is 1. The summed E-state index contributed by atoms with van der Waals surface area (Å²) >= 11 is 0. The first-order chi connectivity index (χ1) is 14.6. The fraction of sp³-hybridized carbons (Fsp3) is 0.520. The zero-order valence-corrected chi connectivity index (χ0v) is 18.2. The standard InChI is InChI=1S/C25H33N3O2/c1-19-10-8-11-20(2)27(19)16-6-3-7-17-28-22-13-4-5-14-23(22)30-24(25(28)29)21-12-9-15-26-18-21/h4-5,9,12-15,18-20,24H,3,6-8,10-11,16-17H2,1-2H3/t19-,20+,24?. The molecular formula is C25H33N3O2. The van der Waals surface area contributed by atoms with Crippen LogP contribution < -0.4 is 9.64 Å². The Bertz CT molecular complexity index is 831. The third-order valence-electron chi connectivity index (χ3n) is 6.55. The molecule has 160 valence electrons. The predicted octanol–water partition coefficient (Wildman–Crippen LogP) is 4.98. The van der Waals surface area contributed by atoms with Crippen LogP contribution in [-0.2, 0) is 4.79 Å². The number of hydrogen-bond donors (Lipinski definition) is 0. The largest absolute Gasteiger partial charge is 0.474 e. The maximum Gasteiger partial charge on any atom is 0.272 e. The van der Waals surface area contributed by atoms with E-state index in [-0.39, 0.29) is 5.91 Å². The van der Waals surface area contributed by atoms with E-state index in [0.717, 1.165) is 42.9 Å². The quantitative estimate of drug-likeness (QED) is 0.607. The molecule has 0 N–H and O–H groups in total. The highest BCUT2D eigenvalue weighted by Gasteiger charge is 2.35. The van der Waals surface area contributed by atoms with E-state index in [1.54, 1.807) is 12.4 Å². The molecule has 1 fully saturated rings. The van der Waals surface area contributed by atoms with Crippen LogP contribution in [0.25, 0.3) is 0 Å². The number of carbonyl (C=O) groups excluding carboxylic acids is 1. The van der Waals surface area contributed by atoms with Crippen LogP contribution in [0.15, 0.2) is 48.8 Å². The Morgan fingerprint density at radius 1 is 1.00 bits per heavy atom. The summed E-state index contributed by atoms with van der Waals surface area (Å²) in [6, 6.07) is 13.0. The summed E-state index contributed by atoms with van der Waals surface area (Å²) in [6.07, 6.45) is 10.1. The summed E-state index contributed by atoms with van der Waals surface area (Å²) in [5.74, 6) is 0.766. The number of rotatable bonds is 7. The monoisotopic (exact) mass is 407 g/mol. The number of aromatic nitrogens is 1. The lowest BCUT2D eigenvalue weighted by molar-refractivity contribution is -0.126. The van der Waals surface area contributed by atoms with Crippen LogP contribution in [0.1, 0.15) is 64.0 Å². The van der Waals surface area contributed by atoms with Gasteiger partial charge < -0.3 is 9.64 Å². The van der Waals surface area contributed by atoms with Gasteiger partial charge in [-0.1, -0.05) is 31.0 Å². The van der Waals surface area contributed by atoms with E-state index in [2.05, 4.69) is 23.7 Å². The molecular weight excluding hydrogens is 374 g/mol. The van der Waals surface area contributed by atoms with Gasteiger partial charge in [0.05, 0.1) is 5.69 Å². The molecule has 0 bridgehead atoms. The normalized spacial score (nSPS) is 24.4. The molecule has 0 radical (unpaired) electrons. The van der Waals surface area contributed by atoms with Crippen molar-refractivity contribution in [2.24, 2.45) is 0 Å². The second kappa shape index (κ2) is 9.61. The smallest absolute Gasteiger partial charge is 0.272 e. The van der Waals surface area contributed by atoms with E-state index in [1.165, 1.54) is 25.7 Å². The van der Waals surface area contributed by atoms with Crippen LogP contribution in [0, 0.1) is 0 Å². The minimum atomic E-state index is -0.622. The number of ether oxygens (including phenoxy) is 1. The minimum absolute atomic E-state index is 0.0000232. The van der Waals surface area contributed by atoms with Gasteiger partial charge in [-0.15, -0.1) is 0 Å². The molecule has 5 nitrogen and oxygen atoms in total. The summed E-state index contributed by atoms with van der Waals surface area (Å²) in [6.45, 7) is 6.60. The highest BCUT2D eigenvalue weighted by atomic mass is 16.5. The van der Waals surface area contributed by atoms with E-state index in [1.807, 2.05) is 41.3 Å². The molecule has 1 aromatic carbocycles. The number of likely N-dealkylation sites (tertiary alicyclic amines) is 1. The van der Waals surface area contributed by atoms with E-state index < -0.39 is 6.10 Å². The summed E-state index contributed by atoms with van der Waals surface area (Å²) < 4.78 is 6.05. The molecule has 30 heavy (non-hydrogen) atoms.